The van der Waals surface area contributed by atoms with Crippen LogP contribution in [-0.4, -0.2) is 12.5 Å². The van der Waals surface area contributed by atoms with E-state index in [0.29, 0.717) is 0 Å². The highest BCUT2D eigenvalue weighted by atomic mass is 19.3. The third-order valence-electron chi connectivity index (χ3n) is 0.939. The molecule has 0 aliphatic heterocycles. The first kappa shape index (κ1) is 8.52. The highest BCUT2D eigenvalue weighted by Gasteiger charge is 2.15. The van der Waals surface area contributed by atoms with Crippen molar-refractivity contribution in [3.05, 3.63) is 12.7 Å². The maximum Gasteiger partial charge on any atom is 0.255 e. The molecule has 0 amide bonds. The Kier molecular flexibility index (Phi) is 4.17. The molecule has 0 rings (SSSR count). The van der Waals surface area contributed by atoms with Gasteiger partial charge in [0.15, 0.2) is 0 Å². The fourth-order valence-corrected chi connectivity index (χ4v) is 0.423. The van der Waals surface area contributed by atoms with Gasteiger partial charge in [0.1, 0.15) is 0 Å². The Morgan fingerprint density at radius 3 is 2.33 bits per heavy atom. The van der Waals surface area contributed by atoms with E-state index in [1.807, 2.05) is 5.43 Å². The lowest BCUT2D eigenvalue weighted by molar-refractivity contribution is 0.0997. The van der Waals surface area contributed by atoms with Gasteiger partial charge in [-0.15, -0.1) is 6.58 Å². The maximum absolute atomic E-state index is 11.7. The summed E-state index contributed by atoms with van der Waals surface area (Å²) in [6.45, 7) is 3.30. The summed E-state index contributed by atoms with van der Waals surface area (Å²) < 4.78 is 23.4. The van der Waals surface area contributed by atoms with Gasteiger partial charge in [0.25, 0.3) is 6.43 Å². The van der Waals surface area contributed by atoms with E-state index in [1.54, 1.807) is 0 Å². The van der Waals surface area contributed by atoms with Crippen LogP contribution in [0.3, 0.4) is 0 Å². The molecular weight excluding hydrogens is 126 g/mol. The second kappa shape index (κ2) is 4.40. The van der Waals surface area contributed by atoms with Gasteiger partial charge >= 0.3 is 0 Å². The van der Waals surface area contributed by atoms with Gasteiger partial charge < -0.3 is 0 Å². The van der Waals surface area contributed by atoms with Crippen LogP contribution in [0, 0.1) is 0 Å². The minimum Gasteiger partial charge on any atom is -0.271 e. The molecule has 1 atom stereocenters. The van der Waals surface area contributed by atoms with Crippen LogP contribution in [0.5, 0.6) is 0 Å². The zero-order valence-electron chi connectivity index (χ0n) is 4.98. The summed E-state index contributed by atoms with van der Waals surface area (Å²) in [6, 6.07) is -0.956. The van der Waals surface area contributed by atoms with Gasteiger partial charge in [0, 0.05) is 0 Å². The van der Waals surface area contributed by atoms with Crippen molar-refractivity contribution in [1.82, 2.24) is 5.43 Å². The van der Waals surface area contributed by atoms with Gasteiger partial charge in [-0.3, -0.25) is 11.3 Å². The molecule has 0 aromatic carbocycles. The fraction of sp³-hybridized carbons (Fsp3) is 0.600. The van der Waals surface area contributed by atoms with Crippen LogP contribution >= 0.6 is 0 Å². The van der Waals surface area contributed by atoms with E-state index in [1.165, 1.54) is 6.08 Å². The third kappa shape index (κ3) is 3.16. The van der Waals surface area contributed by atoms with Crippen molar-refractivity contribution in [2.45, 2.75) is 18.9 Å². The summed E-state index contributed by atoms with van der Waals surface area (Å²) in [5.41, 5.74) is 1.98. The first-order valence-electron chi connectivity index (χ1n) is 2.57. The molecule has 1 unspecified atom stereocenters. The summed E-state index contributed by atoms with van der Waals surface area (Å²) in [4.78, 5) is 0. The van der Waals surface area contributed by atoms with E-state index in [2.05, 4.69) is 6.58 Å². The van der Waals surface area contributed by atoms with E-state index in [4.69, 9.17) is 5.84 Å². The number of alkyl halides is 2. The average Bonchev–Trinajstić information content (AvgIpc) is 1.82. The number of nitrogens with two attached hydrogens (primary N) is 1. The highest BCUT2D eigenvalue weighted by molar-refractivity contribution is 4.77. The number of nitrogens with one attached hydrogen (secondary N) is 1. The first-order chi connectivity index (χ1) is 4.22. The highest BCUT2D eigenvalue weighted by Crippen LogP contribution is 2.03. The summed E-state index contributed by atoms with van der Waals surface area (Å²) in [5, 5.41) is 0. The number of hydrazine groups is 1. The lowest BCUT2D eigenvalue weighted by Crippen LogP contribution is -2.39. The Hall–Kier alpha value is -0.480. The molecule has 4 heteroatoms. The zero-order chi connectivity index (χ0) is 7.28. The quantitative estimate of drug-likeness (QED) is 0.338. The second-order valence-corrected chi connectivity index (χ2v) is 1.63. The van der Waals surface area contributed by atoms with Gasteiger partial charge in [0.2, 0.25) is 0 Å². The Labute approximate surface area is 52.7 Å². The minimum atomic E-state index is -2.42. The predicted octanol–water partition coefficient (Wildman–Crippen LogP) is 0.659. The van der Waals surface area contributed by atoms with Gasteiger partial charge in [-0.05, 0) is 6.42 Å². The molecule has 0 aromatic heterocycles. The molecular formula is C5H10F2N2. The van der Waals surface area contributed by atoms with Crippen molar-refractivity contribution in [2.75, 3.05) is 0 Å². The Morgan fingerprint density at radius 1 is 1.67 bits per heavy atom. The summed E-state index contributed by atoms with van der Waals surface area (Å²) in [5.74, 6) is 4.78. The van der Waals surface area contributed by atoms with Crippen LogP contribution in [0.2, 0.25) is 0 Å². The molecule has 0 spiro atoms. The molecule has 0 saturated heterocycles. The third-order valence-corrected chi connectivity index (χ3v) is 0.939. The van der Waals surface area contributed by atoms with Crippen molar-refractivity contribution >= 4 is 0 Å². The Balaban J connectivity index is 3.53. The number of halogens is 2. The van der Waals surface area contributed by atoms with Gasteiger partial charge in [-0.25, -0.2) is 8.78 Å². The molecule has 3 N–H and O–H groups in total. The largest absolute Gasteiger partial charge is 0.271 e. The standard InChI is InChI=1S/C5H10F2N2/c1-2-3-4(9-8)5(6)7/h2,4-5,9H,1,3,8H2. The van der Waals surface area contributed by atoms with E-state index >= 15 is 0 Å². The van der Waals surface area contributed by atoms with Crippen LogP contribution in [0.4, 0.5) is 8.78 Å². The number of rotatable bonds is 4. The fourth-order valence-electron chi connectivity index (χ4n) is 0.423. The average molecular weight is 136 g/mol. The smallest absolute Gasteiger partial charge is 0.255 e. The molecule has 0 radical (unpaired) electrons. The predicted molar refractivity (Wildman–Crippen MR) is 31.9 cm³/mol. The second-order valence-electron chi connectivity index (χ2n) is 1.63. The van der Waals surface area contributed by atoms with Crippen LogP contribution in [0.1, 0.15) is 6.42 Å². The number of hydrogen-bond acceptors (Lipinski definition) is 2. The first-order valence-corrected chi connectivity index (χ1v) is 2.57. The van der Waals surface area contributed by atoms with E-state index in [0.717, 1.165) is 0 Å². The van der Waals surface area contributed by atoms with Crippen molar-refractivity contribution < 1.29 is 8.78 Å². The normalized spacial score (nSPS) is 13.8. The number of hydrogen-bond donors (Lipinski definition) is 2. The molecule has 2 nitrogen and oxygen atoms in total. The molecule has 0 aliphatic carbocycles. The van der Waals surface area contributed by atoms with Crippen molar-refractivity contribution in [2.24, 2.45) is 5.84 Å². The Bertz CT molecular complexity index is 85.0. The lowest BCUT2D eigenvalue weighted by atomic mass is 10.2. The van der Waals surface area contributed by atoms with E-state index in [-0.39, 0.29) is 6.42 Å². The van der Waals surface area contributed by atoms with Crippen molar-refractivity contribution in [3.8, 4) is 0 Å². The van der Waals surface area contributed by atoms with Crippen LogP contribution in [0.15, 0.2) is 12.7 Å². The van der Waals surface area contributed by atoms with Gasteiger partial charge in [-0.1, -0.05) is 6.08 Å². The molecule has 0 heterocycles. The topological polar surface area (TPSA) is 38.0 Å². The molecule has 0 fully saturated rings. The maximum atomic E-state index is 11.7. The van der Waals surface area contributed by atoms with Crippen LogP contribution < -0.4 is 11.3 Å². The molecule has 0 bridgehead atoms. The minimum absolute atomic E-state index is 0.189. The SMILES string of the molecule is C=CCC(NN)C(F)F. The monoisotopic (exact) mass is 136 g/mol. The van der Waals surface area contributed by atoms with Crippen LogP contribution in [-0.2, 0) is 0 Å². The molecule has 9 heavy (non-hydrogen) atoms. The lowest BCUT2D eigenvalue weighted by Gasteiger charge is -2.10. The van der Waals surface area contributed by atoms with E-state index in [9.17, 15) is 8.78 Å². The van der Waals surface area contributed by atoms with E-state index < -0.39 is 12.5 Å². The molecule has 0 saturated carbocycles. The molecule has 0 aliphatic rings. The van der Waals surface area contributed by atoms with Crippen molar-refractivity contribution in [1.29, 1.82) is 0 Å². The van der Waals surface area contributed by atoms with Gasteiger partial charge in [0.05, 0.1) is 6.04 Å². The van der Waals surface area contributed by atoms with Crippen molar-refractivity contribution in [3.63, 3.8) is 0 Å². The summed E-state index contributed by atoms with van der Waals surface area (Å²) in [7, 11) is 0. The molecule has 54 valence electrons. The van der Waals surface area contributed by atoms with Gasteiger partial charge in [-0.2, -0.15) is 0 Å². The Morgan fingerprint density at radius 2 is 2.22 bits per heavy atom. The zero-order valence-corrected chi connectivity index (χ0v) is 4.98. The summed E-state index contributed by atoms with van der Waals surface area (Å²) in [6.07, 6.45) is -0.835. The summed E-state index contributed by atoms with van der Waals surface area (Å²) >= 11 is 0. The van der Waals surface area contributed by atoms with Crippen LogP contribution in [0.25, 0.3) is 0 Å². The molecule has 0 aromatic rings.